The molecule has 7 heteroatoms. The van der Waals surface area contributed by atoms with Gasteiger partial charge in [-0.05, 0) is 17.4 Å². The Kier molecular flexibility index (Phi) is 5.41. The quantitative estimate of drug-likeness (QED) is 0.625. The summed E-state index contributed by atoms with van der Waals surface area (Å²) in [6.45, 7) is 4.78. The number of fused-ring (bicyclic) bond motifs is 1. The summed E-state index contributed by atoms with van der Waals surface area (Å²) in [6.07, 6.45) is 1.96. The third kappa shape index (κ3) is 3.65. The van der Waals surface area contributed by atoms with Gasteiger partial charge in [0.05, 0.1) is 11.1 Å². The number of carboxylic acid groups (broad SMARTS) is 1. The lowest BCUT2D eigenvalue weighted by Crippen LogP contribution is -2.26. The van der Waals surface area contributed by atoms with Crippen LogP contribution in [-0.4, -0.2) is 26.4 Å². The van der Waals surface area contributed by atoms with E-state index >= 15 is 0 Å². The molecule has 0 saturated heterocycles. The average Bonchev–Trinajstić information content (AvgIpc) is 2.93. The maximum atomic E-state index is 12.6. The molecule has 0 spiro atoms. The van der Waals surface area contributed by atoms with Gasteiger partial charge in [0.25, 0.3) is 5.56 Å². The fraction of sp³-hybridized carbons (Fsp3) is 0.500. The van der Waals surface area contributed by atoms with E-state index in [4.69, 9.17) is 5.11 Å². The van der Waals surface area contributed by atoms with E-state index in [1.807, 2.05) is 5.38 Å². The second-order valence-corrected chi connectivity index (χ2v) is 6.65. The molecule has 0 unspecified atom stereocenters. The second-order valence-electron chi connectivity index (χ2n) is 4.81. The van der Waals surface area contributed by atoms with Gasteiger partial charge in [0.1, 0.15) is 4.83 Å². The zero-order valence-corrected chi connectivity index (χ0v) is 13.7. The highest BCUT2D eigenvalue weighted by atomic mass is 32.2. The van der Waals surface area contributed by atoms with Crippen LogP contribution in [0, 0.1) is 5.92 Å². The zero-order valence-electron chi connectivity index (χ0n) is 12.0. The normalized spacial score (nSPS) is 11.4. The summed E-state index contributed by atoms with van der Waals surface area (Å²) in [7, 11) is 0. The van der Waals surface area contributed by atoms with Crippen LogP contribution in [0.25, 0.3) is 10.2 Å². The van der Waals surface area contributed by atoms with Gasteiger partial charge in [-0.2, -0.15) is 0 Å². The van der Waals surface area contributed by atoms with Crippen molar-refractivity contribution in [3.05, 3.63) is 21.8 Å². The first-order chi connectivity index (χ1) is 10.1. The smallest absolute Gasteiger partial charge is 0.313 e. The van der Waals surface area contributed by atoms with E-state index in [1.165, 1.54) is 11.3 Å². The fourth-order valence-electron chi connectivity index (χ4n) is 2.13. The summed E-state index contributed by atoms with van der Waals surface area (Å²) in [5, 5.41) is 11.8. The first kappa shape index (κ1) is 16.0. The molecule has 1 N–H and O–H groups in total. The van der Waals surface area contributed by atoms with Gasteiger partial charge in [0.2, 0.25) is 0 Å². The van der Waals surface area contributed by atoms with Crippen LogP contribution in [-0.2, 0) is 11.3 Å². The highest BCUT2D eigenvalue weighted by Crippen LogP contribution is 2.22. The number of aliphatic carboxylic acids is 1. The number of aromatic nitrogens is 2. The number of thiophene rings is 1. The lowest BCUT2D eigenvalue weighted by atomic mass is 10.0. The molecule has 114 valence electrons. The van der Waals surface area contributed by atoms with E-state index in [-0.39, 0.29) is 11.3 Å². The topological polar surface area (TPSA) is 72.2 Å². The largest absolute Gasteiger partial charge is 0.481 e. The summed E-state index contributed by atoms with van der Waals surface area (Å²) in [5.41, 5.74) is -0.0685. The summed E-state index contributed by atoms with van der Waals surface area (Å²) in [6, 6.07) is 1.78. The lowest BCUT2D eigenvalue weighted by Gasteiger charge is -2.17. The first-order valence-electron chi connectivity index (χ1n) is 6.89. The third-order valence-electron chi connectivity index (χ3n) is 3.47. The molecular formula is C14H18N2O3S2. The van der Waals surface area contributed by atoms with Gasteiger partial charge in [0.15, 0.2) is 5.16 Å². The molecule has 0 amide bonds. The van der Waals surface area contributed by atoms with Gasteiger partial charge < -0.3 is 5.11 Å². The Morgan fingerprint density at radius 1 is 1.48 bits per heavy atom. The predicted molar refractivity (Wildman–Crippen MR) is 86.3 cm³/mol. The maximum absolute atomic E-state index is 12.6. The van der Waals surface area contributed by atoms with Gasteiger partial charge in [-0.1, -0.05) is 38.5 Å². The van der Waals surface area contributed by atoms with Crippen LogP contribution >= 0.6 is 23.1 Å². The van der Waals surface area contributed by atoms with Crippen LogP contribution in [0.4, 0.5) is 0 Å². The Hall–Kier alpha value is -1.34. The molecule has 0 aromatic carbocycles. The molecule has 0 fully saturated rings. The Morgan fingerprint density at radius 3 is 2.81 bits per heavy atom. The van der Waals surface area contributed by atoms with Crippen LogP contribution in [0.1, 0.15) is 26.7 Å². The zero-order chi connectivity index (χ0) is 15.4. The highest BCUT2D eigenvalue weighted by molar-refractivity contribution is 7.99. The molecular weight excluding hydrogens is 308 g/mol. The van der Waals surface area contributed by atoms with E-state index in [0.29, 0.717) is 27.8 Å². The van der Waals surface area contributed by atoms with Gasteiger partial charge in [-0.25, -0.2) is 4.98 Å². The Labute approximate surface area is 131 Å². The third-order valence-corrected chi connectivity index (χ3v) is 5.24. The predicted octanol–water partition coefficient (Wildman–Crippen LogP) is 3.07. The number of carbonyl (C=O) groups is 1. The molecule has 0 aliphatic rings. The molecule has 2 aromatic heterocycles. The molecule has 0 atom stereocenters. The Bertz CT molecular complexity index is 689. The molecule has 0 bridgehead atoms. The van der Waals surface area contributed by atoms with Gasteiger partial charge in [-0.3, -0.25) is 14.2 Å². The minimum atomic E-state index is -0.908. The van der Waals surface area contributed by atoms with E-state index < -0.39 is 5.97 Å². The molecule has 0 saturated carbocycles. The Balaban J connectivity index is 2.46. The van der Waals surface area contributed by atoms with Crippen LogP contribution in [0.2, 0.25) is 0 Å². The van der Waals surface area contributed by atoms with E-state index in [1.54, 1.807) is 10.6 Å². The standard InChI is InChI=1S/C14H18N2O3S2/c1-3-9(4-2)7-16-13(19)10-5-6-20-12(10)15-14(16)21-8-11(17)18/h5-6,9H,3-4,7-8H2,1-2H3,(H,17,18). The van der Waals surface area contributed by atoms with Crippen LogP contribution in [0.3, 0.4) is 0 Å². The maximum Gasteiger partial charge on any atom is 0.313 e. The molecule has 2 aromatic rings. The number of hydrogen-bond donors (Lipinski definition) is 1. The van der Waals surface area contributed by atoms with Crippen LogP contribution in [0.15, 0.2) is 21.4 Å². The summed E-state index contributed by atoms with van der Waals surface area (Å²) in [4.78, 5) is 28.5. The molecule has 21 heavy (non-hydrogen) atoms. The highest BCUT2D eigenvalue weighted by Gasteiger charge is 2.16. The lowest BCUT2D eigenvalue weighted by molar-refractivity contribution is -0.133. The second kappa shape index (κ2) is 7.09. The van der Waals surface area contributed by atoms with Gasteiger partial charge in [-0.15, -0.1) is 11.3 Å². The van der Waals surface area contributed by atoms with Crippen molar-refractivity contribution >= 4 is 39.3 Å². The molecule has 5 nitrogen and oxygen atoms in total. The summed E-state index contributed by atoms with van der Waals surface area (Å²) in [5.74, 6) is -0.606. The number of carboxylic acids is 1. The van der Waals surface area contributed by atoms with Crippen molar-refractivity contribution in [2.75, 3.05) is 5.75 Å². The average molecular weight is 326 g/mol. The summed E-state index contributed by atoms with van der Waals surface area (Å²) >= 11 is 2.51. The minimum Gasteiger partial charge on any atom is -0.481 e. The van der Waals surface area contributed by atoms with E-state index in [2.05, 4.69) is 18.8 Å². The summed E-state index contributed by atoms with van der Waals surface area (Å²) < 4.78 is 1.64. The molecule has 0 aliphatic carbocycles. The van der Waals surface area contributed by atoms with Crippen LogP contribution in [0.5, 0.6) is 0 Å². The number of thioether (sulfide) groups is 1. The van der Waals surface area contributed by atoms with E-state index in [9.17, 15) is 9.59 Å². The van der Waals surface area contributed by atoms with Crippen molar-refractivity contribution < 1.29 is 9.90 Å². The van der Waals surface area contributed by atoms with E-state index in [0.717, 1.165) is 24.6 Å². The Morgan fingerprint density at radius 2 is 2.19 bits per heavy atom. The van der Waals surface area contributed by atoms with Crippen molar-refractivity contribution in [1.29, 1.82) is 0 Å². The van der Waals surface area contributed by atoms with Crippen LogP contribution < -0.4 is 5.56 Å². The van der Waals surface area contributed by atoms with Crippen molar-refractivity contribution in [2.45, 2.75) is 38.4 Å². The van der Waals surface area contributed by atoms with Crippen molar-refractivity contribution in [3.8, 4) is 0 Å². The van der Waals surface area contributed by atoms with Gasteiger partial charge >= 0.3 is 5.97 Å². The van der Waals surface area contributed by atoms with Crippen molar-refractivity contribution in [1.82, 2.24) is 9.55 Å². The van der Waals surface area contributed by atoms with Crippen molar-refractivity contribution in [2.24, 2.45) is 5.92 Å². The fourth-order valence-corrected chi connectivity index (χ4v) is 3.67. The number of rotatable bonds is 7. The monoisotopic (exact) mass is 326 g/mol. The van der Waals surface area contributed by atoms with Crippen molar-refractivity contribution in [3.63, 3.8) is 0 Å². The molecule has 2 rings (SSSR count). The molecule has 2 heterocycles. The molecule has 0 aliphatic heterocycles. The molecule has 0 radical (unpaired) electrons. The van der Waals surface area contributed by atoms with Gasteiger partial charge in [0, 0.05) is 6.54 Å². The first-order valence-corrected chi connectivity index (χ1v) is 8.75. The number of nitrogens with zero attached hydrogens (tertiary/aromatic N) is 2. The number of hydrogen-bond acceptors (Lipinski definition) is 5. The SMILES string of the molecule is CCC(CC)Cn1c(SCC(=O)O)nc2sccc2c1=O. The minimum absolute atomic E-state index is 0.0685.